The normalized spacial score (nSPS) is 10.0. The van der Waals surface area contributed by atoms with Crippen LogP contribution in [0.25, 0.3) is 6.08 Å². The Kier molecular flexibility index (Phi) is 5.55. The molecule has 1 heterocycles. The van der Waals surface area contributed by atoms with Crippen LogP contribution in [0.4, 0.5) is 4.79 Å². The number of aryl methyl sites for hydroxylation is 1. The molecule has 0 atom stereocenters. The zero-order chi connectivity index (χ0) is 14.3. The maximum absolute atomic E-state index is 11.4. The fraction of sp³-hybridized carbons (Fsp3) is 0.182. The average Bonchev–Trinajstić information content (AvgIpc) is 2.79. The van der Waals surface area contributed by atoms with Gasteiger partial charge in [0.15, 0.2) is 5.11 Å². The Morgan fingerprint density at radius 1 is 1.37 bits per heavy atom. The van der Waals surface area contributed by atoms with E-state index in [9.17, 15) is 9.59 Å². The molecule has 0 unspecified atom stereocenters. The van der Waals surface area contributed by atoms with Crippen molar-refractivity contribution in [2.24, 2.45) is 0 Å². The van der Waals surface area contributed by atoms with Crippen molar-refractivity contribution < 1.29 is 18.7 Å². The first-order valence-corrected chi connectivity index (χ1v) is 5.61. The number of hydrogen-bond donors (Lipinski definition) is 3. The molecule has 0 fully saturated rings. The zero-order valence-electron chi connectivity index (χ0n) is 10.4. The highest BCUT2D eigenvalue weighted by Crippen LogP contribution is 2.07. The summed E-state index contributed by atoms with van der Waals surface area (Å²) in [6, 6.07) is 3.51. The third-order valence-corrected chi connectivity index (χ3v) is 2.06. The molecule has 1 aromatic rings. The highest BCUT2D eigenvalue weighted by molar-refractivity contribution is 7.80. The van der Waals surface area contributed by atoms with E-state index in [1.807, 2.05) is 0 Å². The van der Waals surface area contributed by atoms with Crippen molar-refractivity contribution in [1.29, 1.82) is 0 Å². The number of thiocarbonyl (C=S) groups is 1. The van der Waals surface area contributed by atoms with Gasteiger partial charge in [-0.05, 0) is 37.4 Å². The minimum Gasteiger partial charge on any atom is -0.462 e. The van der Waals surface area contributed by atoms with Crippen LogP contribution in [0.1, 0.15) is 11.5 Å². The van der Waals surface area contributed by atoms with Gasteiger partial charge in [0.1, 0.15) is 11.5 Å². The highest BCUT2D eigenvalue weighted by Gasteiger charge is 2.03. The van der Waals surface area contributed by atoms with Gasteiger partial charge in [0.25, 0.3) is 0 Å². The molecule has 0 saturated heterocycles. The predicted octanol–water partition coefficient (Wildman–Crippen LogP) is 0.863. The molecule has 8 heteroatoms. The highest BCUT2D eigenvalue weighted by atomic mass is 32.1. The van der Waals surface area contributed by atoms with Crippen LogP contribution in [-0.2, 0) is 9.53 Å². The van der Waals surface area contributed by atoms with Crippen molar-refractivity contribution >= 4 is 35.4 Å². The third kappa shape index (κ3) is 5.68. The summed E-state index contributed by atoms with van der Waals surface area (Å²) in [5, 5.41) is 2.26. The molecule has 0 aromatic carbocycles. The van der Waals surface area contributed by atoms with E-state index in [0.717, 1.165) is 5.76 Å². The molecule has 0 aliphatic rings. The van der Waals surface area contributed by atoms with Crippen LogP contribution in [0, 0.1) is 6.92 Å². The molecule has 0 radical (unpaired) electrons. The van der Waals surface area contributed by atoms with Gasteiger partial charge in [0.05, 0.1) is 7.11 Å². The molecule has 1 rings (SSSR count). The Labute approximate surface area is 115 Å². The fourth-order valence-corrected chi connectivity index (χ4v) is 1.20. The number of methoxy groups -OCH3 is 1. The van der Waals surface area contributed by atoms with Crippen molar-refractivity contribution in [2.45, 2.75) is 6.92 Å². The summed E-state index contributed by atoms with van der Waals surface area (Å²) < 4.78 is 9.55. The Morgan fingerprint density at radius 3 is 2.68 bits per heavy atom. The van der Waals surface area contributed by atoms with Gasteiger partial charge in [-0.2, -0.15) is 0 Å². The van der Waals surface area contributed by atoms with Crippen LogP contribution in [-0.4, -0.2) is 24.2 Å². The van der Waals surface area contributed by atoms with Crippen LogP contribution in [0.15, 0.2) is 22.6 Å². The lowest BCUT2D eigenvalue weighted by Crippen LogP contribution is -2.48. The van der Waals surface area contributed by atoms with E-state index in [2.05, 4.69) is 20.9 Å². The van der Waals surface area contributed by atoms with Crippen LogP contribution >= 0.6 is 12.2 Å². The number of amides is 2. The van der Waals surface area contributed by atoms with Gasteiger partial charge in [-0.15, -0.1) is 0 Å². The van der Waals surface area contributed by atoms with Gasteiger partial charge in [0, 0.05) is 6.08 Å². The summed E-state index contributed by atoms with van der Waals surface area (Å²) in [5.41, 5.74) is 4.39. The van der Waals surface area contributed by atoms with E-state index < -0.39 is 12.0 Å². The average molecular weight is 283 g/mol. The number of nitrogens with one attached hydrogen (secondary N) is 3. The Hall–Kier alpha value is -2.35. The number of ether oxygens (including phenoxy) is 1. The van der Waals surface area contributed by atoms with E-state index in [0.29, 0.717) is 5.76 Å². The van der Waals surface area contributed by atoms with E-state index in [1.54, 1.807) is 19.1 Å². The standard InChI is InChI=1S/C11H13N3O4S/c1-7-3-4-8(18-7)5-6-9(15)12-10(19)13-14-11(16)17-2/h3-6H,1-2H3,(H,14,16)(H2,12,13,15,19)/b6-5+. The van der Waals surface area contributed by atoms with Gasteiger partial charge in [-0.25, -0.2) is 10.2 Å². The van der Waals surface area contributed by atoms with Gasteiger partial charge >= 0.3 is 6.09 Å². The van der Waals surface area contributed by atoms with E-state index in [-0.39, 0.29) is 5.11 Å². The first-order valence-electron chi connectivity index (χ1n) is 5.20. The van der Waals surface area contributed by atoms with Gasteiger partial charge in [-0.1, -0.05) is 0 Å². The second kappa shape index (κ2) is 7.17. The Balaban J connectivity index is 2.36. The first-order chi connectivity index (χ1) is 9.01. The predicted molar refractivity (Wildman–Crippen MR) is 71.9 cm³/mol. The number of rotatable bonds is 2. The summed E-state index contributed by atoms with van der Waals surface area (Å²) in [4.78, 5) is 22.2. The molecule has 3 N–H and O–H groups in total. The Morgan fingerprint density at radius 2 is 2.11 bits per heavy atom. The molecule has 0 saturated carbocycles. The van der Waals surface area contributed by atoms with Crippen molar-refractivity contribution in [3.05, 3.63) is 29.7 Å². The van der Waals surface area contributed by atoms with E-state index >= 15 is 0 Å². The summed E-state index contributed by atoms with van der Waals surface area (Å²) >= 11 is 4.76. The van der Waals surface area contributed by atoms with Gasteiger partial charge < -0.3 is 9.15 Å². The number of hydrazine groups is 1. The van der Waals surface area contributed by atoms with Crippen molar-refractivity contribution in [1.82, 2.24) is 16.2 Å². The molecular formula is C11H13N3O4S. The maximum Gasteiger partial charge on any atom is 0.425 e. The molecule has 102 valence electrons. The lowest BCUT2D eigenvalue weighted by Gasteiger charge is -2.07. The topological polar surface area (TPSA) is 92.6 Å². The monoisotopic (exact) mass is 283 g/mol. The lowest BCUT2D eigenvalue weighted by atomic mass is 10.4. The zero-order valence-corrected chi connectivity index (χ0v) is 11.2. The molecule has 2 amide bonds. The maximum atomic E-state index is 11.4. The molecule has 0 aliphatic heterocycles. The van der Waals surface area contributed by atoms with E-state index in [1.165, 1.54) is 19.3 Å². The minimum absolute atomic E-state index is 0.0596. The van der Waals surface area contributed by atoms with E-state index in [4.69, 9.17) is 16.6 Å². The number of hydrogen-bond acceptors (Lipinski definition) is 5. The molecule has 19 heavy (non-hydrogen) atoms. The molecular weight excluding hydrogens is 270 g/mol. The second-order valence-electron chi connectivity index (χ2n) is 3.34. The quantitative estimate of drug-likeness (QED) is 0.423. The van der Waals surface area contributed by atoms with Crippen molar-refractivity contribution in [3.63, 3.8) is 0 Å². The molecule has 0 spiro atoms. The summed E-state index contributed by atoms with van der Waals surface area (Å²) in [6.45, 7) is 1.80. The lowest BCUT2D eigenvalue weighted by molar-refractivity contribution is -0.115. The summed E-state index contributed by atoms with van der Waals surface area (Å²) in [7, 11) is 1.20. The smallest absolute Gasteiger partial charge is 0.425 e. The fourth-order valence-electron chi connectivity index (χ4n) is 1.04. The van der Waals surface area contributed by atoms with Crippen LogP contribution in [0.2, 0.25) is 0 Å². The van der Waals surface area contributed by atoms with Crippen LogP contribution in [0.3, 0.4) is 0 Å². The van der Waals surface area contributed by atoms with Gasteiger partial charge in [0.2, 0.25) is 5.91 Å². The second-order valence-corrected chi connectivity index (χ2v) is 3.75. The Bertz CT molecular complexity index is 510. The first kappa shape index (κ1) is 14.7. The van der Waals surface area contributed by atoms with Gasteiger partial charge in [-0.3, -0.25) is 15.5 Å². The van der Waals surface area contributed by atoms with Crippen molar-refractivity contribution in [2.75, 3.05) is 7.11 Å². The number of carbonyl (C=O) groups is 2. The summed E-state index contributed by atoms with van der Waals surface area (Å²) in [5.74, 6) is 0.844. The minimum atomic E-state index is -0.724. The molecule has 7 nitrogen and oxygen atoms in total. The number of carbonyl (C=O) groups excluding carboxylic acids is 2. The molecule has 0 bridgehead atoms. The van der Waals surface area contributed by atoms with Crippen LogP contribution in [0.5, 0.6) is 0 Å². The molecule has 0 aliphatic carbocycles. The van der Waals surface area contributed by atoms with Crippen molar-refractivity contribution in [3.8, 4) is 0 Å². The summed E-state index contributed by atoms with van der Waals surface area (Å²) in [6.07, 6.45) is 2.03. The largest absolute Gasteiger partial charge is 0.462 e. The number of furan rings is 1. The third-order valence-electron chi connectivity index (χ3n) is 1.86. The SMILES string of the molecule is COC(=O)NNC(=S)NC(=O)/C=C/c1ccc(C)o1. The molecule has 1 aromatic heterocycles. The van der Waals surface area contributed by atoms with Crippen LogP contribution < -0.4 is 16.2 Å².